The van der Waals surface area contributed by atoms with Crippen LogP contribution in [0.4, 0.5) is 0 Å². The number of carbonyl (C=O) groups is 2. The van der Waals surface area contributed by atoms with Crippen molar-refractivity contribution in [2.24, 2.45) is 11.8 Å². The number of hydrogen-bond acceptors (Lipinski definition) is 2. The van der Waals surface area contributed by atoms with Gasteiger partial charge in [-0.25, -0.2) is 0 Å². The van der Waals surface area contributed by atoms with Crippen LogP contribution in [0.15, 0.2) is 0 Å². The van der Waals surface area contributed by atoms with Crippen LogP contribution in [-0.2, 0) is 9.59 Å². The highest BCUT2D eigenvalue weighted by Crippen LogP contribution is 2.27. The SMILES string of the molecule is CC(=O)C(C)CC1CCCC1=O. The summed E-state index contributed by atoms with van der Waals surface area (Å²) in [6, 6.07) is 0. The Morgan fingerprint density at radius 1 is 1.67 bits per heavy atom. The molecule has 0 aromatic heterocycles. The van der Waals surface area contributed by atoms with Gasteiger partial charge in [-0.15, -0.1) is 0 Å². The minimum absolute atomic E-state index is 0.0667. The van der Waals surface area contributed by atoms with Crippen molar-refractivity contribution < 1.29 is 9.59 Å². The molecule has 0 bridgehead atoms. The molecule has 1 aliphatic rings. The fourth-order valence-corrected chi connectivity index (χ4v) is 1.73. The van der Waals surface area contributed by atoms with Gasteiger partial charge in [0.2, 0.25) is 0 Å². The Labute approximate surface area is 73.3 Å². The van der Waals surface area contributed by atoms with E-state index >= 15 is 0 Å². The fourth-order valence-electron chi connectivity index (χ4n) is 1.73. The molecule has 1 fully saturated rings. The molecule has 1 rings (SSSR count). The van der Waals surface area contributed by atoms with Crippen LogP contribution in [0, 0.1) is 11.8 Å². The monoisotopic (exact) mass is 168 g/mol. The van der Waals surface area contributed by atoms with Crippen molar-refractivity contribution in [2.45, 2.75) is 39.5 Å². The Kier molecular flexibility index (Phi) is 3.01. The lowest BCUT2D eigenvalue weighted by Crippen LogP contribution is -2.15. The Balaban J connectivity index is 2.40. The van der Waals surface area contributed by atoms with Gasteiger partial charge in [0.25, 0.3) is 0 Å². The summed E-state index contributed by atoms with van der Waals surface area (Å²) in [6.07, 6.45) is 3.52. The molecule has 2 atom stereocenters. The highest BCUT2D eigenvalue weighted by atomic mass is 16.1. The van der Waals surface area contributed by atoms with E-state index in [0.717, 1.165) is 25.7 Å². The lowest BCUT2D eigenvalue weighted by Gasteiger charge is -2.11. The summed E-state index contributed by atoms with van der Waals surface area (Å²) in [6.45, 7) is 3.51. The Bertz CT molecular complexity index is 196. The number of hydrogen-bond donors (Lipinski definition) is 0. The van der Waals surface area contributed by atoms with Gasteiger partial charge in [0.05, 0.1) is 0 Å². The van der Waals surface area contributed by atoms with Gasteiger partial charge in [0, 0.05) is 18.3 Å². The highest BCUT2D eigenvalue weighted by molar-refractivity contribution is 5.84. The van der Waals surface area contributed by atoms with Gasteiger partial charge in [-0.3, -0.25) is 9.59 Å². The van der Waals surface area contributed by atoms with Crippen molar-refractivity contribution >= 4 is 11.6 Å². The molecule has 0 spiro atoms. The van der Waals surface area contributed by atoms with Crippen molar-refractivity contribution in [3.63, 3.8) is 0 Å². The molecular weight excluding hydrogens is 152 g/mol. The van der Waals surface area contributed by atoms with Gasteiger partial charge in [-0.1, -0.05) is 6.92 Å². The normalized spacial score (nSPS) is 25.8. The quantitative estimate of drug-likeness (QED) is 0.645. The van der Waals surface area contributed by atoms with E-state index in [1.165, 1.54) is 0 Å². The molecule has 2 nitrogen and oxygen atoms in total. The van der Waals surface area contributed by atoms with Crippen LogP contribution < -0.4 is 0 Å². The van der Waals surface area contributed by atoms with Crippen LogP contribution >= 0.6 is 0 Å². The number of Topliss-reactive ketones (excluding diaryl/α,β-unsaturated/α-hetero) is 2. The van der Waals surface area contributed by atoms with Gasteiger partial charge >= 0.3 is 0 Å². The minimum Gasteiger partial charge on any atom is -0.300 e. The molecule has 0 aliphatic heterocycles. The van der Waals surface area contributed by atoms with Crippen LogP contribution in [0.5, 0.6) is 0 Å². The first-order valence-corrected chi connectivity index (χ1v) is 4.64. The Morgan fingerprint density at radius 2 is 2.33 bits per heavy atom. The lowest BCUT2D eigenvalue weighted by atomic mass is 9.92. The van der Waals surface area contributed by atoms with Crippen molar-refractivity contribution in [1.29, 1.82) is 0 Å². The van der Waals surface area contributed by atoms with Gasteiger partial charge in [0.1, 0.15) is 11.6 Å². The maximum absolute atomic E-state index is 11.2. The molecule has 0 saturated heterocycles. The number of carbonyl (C=O) groups excluding carboxylic acids is 2. The van der Waals surface area contributed by atoms with Crippen molar-refractivity contribution in [2.75, 3.05) is 0 Å². The smallest absolute Gasteiger partial charge is 0.136 e. The average molecular weight is 168 g/mol. The van der Waals surface area contributed by atoms with E-state index in [1.807, 2.05) is 6.92 Å². The fraction of sp³-hybridized carbons (Fsp3) is 0.800. The minimum atomic E-state index is 0.0667. The predicted molar refractivity (Wildman–Crippen MR) is 46.8 cm³/mol. The molecule has 12 heavy (non-hydrogen) atoms. The summed E-state index contributed by atoms with van der Waals surface area (Å²) in [5, 5.41) is 0. The molecule has 1 aliphatic carbocycles. The maximum atomic E-state index is 11.2. The zero-order valence-corrected chi connectivity index (χ0v) is 7.80. The van der Waals surface area contributed by atoms with E-state index in [9.17, 15) is 9.59 Å². The molecule has 0 aromatic carbocycles. The zero-order valence-electron chi connectivity index (χ0n) is 7.80. The van der Waals surface area contributed by atoms with Gasteiger partial charge in [-0.2, -0.15) is 0 Å². The van der Waals surface area contributed by atoms with Crippen LogP contribution in [0.1, 0.15) is 39.5 Å². The molecule has 0 N–H and O–H groups in total. The second kappa shape index (κ2) is 3.83. The van der Waals surface area contributed by atoms with Crippen LogP contribution in [-0.4, -0.2) is 11.6 Å². The van der Waals surface area contributed by atoms with E-state index in [4.69, 9.17) is 0 Å². The topological polar surface area (TPSA) is 34.1 Å². The third kappa shape index (κ3) is 2.16. The highest BCUT2D eigenvalue weighted by Gasteiger charge is 2.26. The lowest BCUT2D eigenvalue weighted by molar-refractivity contribution is -0.123. The molecule has 2 heteroatoms. The number of rotatable bonds is 3. The zero-order chi connectivity index (χ0) is 9.14. The van der Waals surface area contributed by atoms with Crippen molar-refractivity contribution in [3.8, 4) is 0 Å². The van der Waals surface area contributed by atoms with E-state index in [0.29, 0.717) is 5.78 Å². The molecule has 0 amide bonds. The third-order valence-corrected chi connectivity index (χ3v) is 2.76. The third-order valence-electron chi connectivity index (χ3n) is 2.76. The first-order valence-electron chi connectivity index (χ1n) is 4.64. The summed E-state index contributed by atoms with van der Waals surface area (Å²) in [4.78, 5) is 22.1. The molecule has 0 heterocycles. The Morgan fingerprint density at radius 3 is 2.75 bits per heavy atom. The molecule has 1 saturated carbocycles. The largest absolute Gasteiger partial charge is 0.300 e. The van der Waals surface area contributed by atoms with Crippen LogP contribution in [0.3, 0.4) is 0 Å². The molecule has 2 unspecified atom stereocenters. The van der Waals surface area contributed by atoms with E-state index in [-0.39, 0.29) is 17.6 Å². The molecule has 0 radical (unpaired) electrons. The van der Waals surface area contributed by atoms with Crippen LogP contribution in [0.25, 0.3) is 0 Å². The van der Waals surface area contributed by atoms with E-state index in [1.54, 1.807) is 6.92 Å². The Hall–Kier alpha value is -0.660. The summed E-state index contributed by atoms with van der Waals surface area (Å²) < 4.78 is 0. The maximum Gasteiger partial charge on any atom is 0.136 e. The summed E-state index contributed by atoms with van der Waals surface area (Å²) >= 11 is 0. The van der Waals surface area contributed by atoms with Gasteiger partial charge < -0.3 is 0 Å². The average Bonchev–Trinajstić information content (AvgIpc) is 2.36. The van der Waals surface area contributed by atoms with Crippen molar-refractivity contribution in [3.05, 3.63) is 0 Å². The standard InChI is InChI=1S/C10H16O2/c1-7(8(2)11)6-9-4-3-5-10(9)12/h7,9H,3-6H2,1-2H3. The van der Waals surface area contributed by atoms with Gasteiger partial charge in [-0.05, 0) is 26.2 Å². The first-order chi connectivity index (χ1) is 5.61. The second-order valence-electron chi connectivity index (χ2n) is 3.80. The van der Waals surface area contributed by atoms with Gasteiger partial charge in [0.15, 0.2) is 0 Å². The first kappa shape index (κ1) is 9.43. The molecule has 0 aromatic rings. The summed E-state index contributed by atoms with van der Waals surface area (Å²) in [5.74, 6) is 0.818. The molecule has 68 valence electrons. The molecular formula is C10H16O2. The second-order valence-corrected chi connectivity index (χ2v) is 3.80. The number of ketones is 2. The van der Waals surface area contributed by atoms with E-state index in [2.05, 4.69) is 0 Å². The van der Waals surface area contributed by atoms with Crippen LogP contribution in [0.2, 0.25) is 0 Å². The summed E-state index contributed by atoms with van der Waals surface area (Å²) in [7, 11) is 0. The summed E-state index contributed by atoms with van der Waals surface area (Å²) in [5.41, 5.74) is 0. The van der Waals surface area contributed by atoms with Crippen molar-refractivity contribution in [1.82, 2.24) is 0 Å². The predicted octanol–water partition coefficient (Wildman–Crippen LogP) is 1.97. The van der Waals surface area contributed by atoms with E-state index < -0.39 is 0 Å².